The summed E-state index contributed by atoms with van der Waals surface area (Å²) >= 11 is 5.09. The molecule has 0 atom stereocenters. The first kappa shape index (κ1) is 11.7. The monoisotopic (exact) mass is 297 g/mol. The zero-order valence-electron chi connectivity index (χ0n) is 8.90. The van der Waals surface area contributed by atoms with Crippen molar-refractivity contribution >= 4 is 27.3 Å². The molecule has 2 aromatic rings. The molecule has 5 heteroatoms. The third-order valence-electron chi connectivity index (χ3n) is 2.06. The molecule has 0 saturated heterocycles. The van der Waals surface area contributed by atoms with Gasteiger partial charge in [0.15, 0.2) is 0 Å². The van der Waals surface area contributed by atoms with Crippen LogP contribution in [0, 0.1) is 6.92 Å². The number of nitrogens with one attached hydrogen (secondary N) is 1. The van der Waals surface area contributed by atoms with Gasteiger partial charge in [-0.2, -0.15) is 0 Å². The summed E-state index contributed by atoms with van der Waals surface area (Å²) in [6.45, 7) is 3.59. The fourth-order valence-electron chi connectivity index (χ4n) is 1.37. The predicted octanol–water partition coefficient (Wildman–Crippen LogP) is 2.90. The quantitative estimate of drug-likeness (QED) is 0.943. The molecule has 0 unspecified atom stereocenters. The van der Waals surface area contributed by atoms with E-state index in [1.54, 1.807) is 11.3 Å². The summed E-state index contributed by atoms with van der Waals surface area (Å²) in [7, 11) is 0. The van der Waals surface area contributed by atoms with Gasteiger partial charge in [0.05, 0.1) is 0 Å². The van der Waals surface area contributed by atoms with Crippen molar-refractivity contribution < 1.29 is 0 Å². The van der Waals surface area contributed by atoms with E-state index in [-0.39, 0.29) is 0 Å². The van der Waals surface area contributed by atoms with Crippen LogP contribution < -0.4 is 5.32 Å². The molecule has 0 bridgehead atoms. The molecular formula is C11H12BrN3S. The molecule has 84 valence electrons. The summed E-state index contributed by atoms with van der Waals surface area (Å²) in [6.07, 6.45) is 0. The lowest BCUT2D eigenvalue weighted by Gasteiger charge is -2.02. The van der Waals surface area contributed by atoms with Gasteiger partial charge >= 0.3 is 0 Å². The SMILES string of the molecule is Cc1nnc(CNCc2cccc(Br)c2)s1. The molecule has 1 aromatic carbocycles. The molecule has 1 aromatic heterocycles. The fourth-order valence-corrected chi connectivity index (χ4v) is 2.49. The minimum Gasteiger partial charge on any atom is -0.306 e. The van der Waals surface area contributed by atoms with Crippen molar-refractivity contribution in [3.8, 4) is 0 Å². The molecule has 0 spiro atoms. The zero-order chi connectivity index (χ0) is 11.4. The van der Waals surface area contributed by atoms with Crippen LogP contribution >= 0.6 is 27.3 Å². The maximum atomic E-state index is 4.06. The Kier molecular flexibility index (Phi) is 4.04. The van der Waals surface area contributed by atoms with Gasteiger partial charge in [0.2, 0.25) is 0 Å². The van der Waals surface area contributed by atoms with E-state index >= 15 is 0 Å². The Balaban J connectivity index is 1.84. The molecule has 0 amide bonds. The number of hydrogen-bond donors (Lipinski definition) is 1. The van der Waals surface area contributed by atoms with Crippen molar-refractivity contribution in [1.29, 1.82) is 0 Å². The summed E-state index contributed by atoms with van der Waals surface area (Å²) in [5, 5.41) is 13.4. The summed E-state index contributed by atoms with van der Waals surface area (Å²) in [6, 6.07) is 8.27. The van der Waals surface area contributed by atoms with Gasteiger partial charge in [-0.1, -0.05) is 28.1 Å². The van der Waals surface area contributed by atoms with Gasteiger partial charge in [-0.05, 0) is 24.6 Å². The topological polar surface area (TPSA) is 37.8 Å². The van der Waals surface area contributed by atoms with E-state index in [9.17, 15) is 0 Å². The van der Waals surface area contributed by atoms with Gasteiger partial charge in [0.25, 0.3) is 0 Å². The Morgan fingerprint density at radius 1 is 1.31 bits per heavy atom. The standard InChI is InChI=1S/C11H12BrN3S/c1-8-14-15-11(16-8)7-13-6-9-3-2-4-10(12)5-9/h2-5,13H,6-7H2,1H3. The molecule has 3 nitrogen and oxygen atoms in total. The fraction of sp³-hybridized carbons (Fsp3) is 0.273. The number of nitrogens with zero attached hydrogens (tertiary/aromatic N) is 2. The largest absolute Gasteiger partial charge is 0.306 e. The van der Waals surface area contributed by atoms with Crippen molar-refractivity contribution in [2.24, 2.45) is 0 Å². The van der Waals surface area contributed by atoms with Crippen molar-refractivity contribution in [2.75, 3.05) is 0 Å². The first-order valence-electron chi connectivity index (χ1n) is 4.98. The van der Waals surface area contributed by atoms with Crippen molar-refractivity contribution in [1.82, 2.24) is 15.5 Å². The molecule has 2 rings (SSSR count). The summed E-state index contributed by atoms with van der Waals surface area (Å²) < 4.78 is 1.11. The second-order valence-corrected chi connectivity index (χ2v) is 5.63. The predicted molar refractivity (Wildman–Crippen MR) is 69.3 cm³/mol. The molecule has 0 radical (unpaired) electrons. The van der Waals surface area contributed by atoms with Crippen molar-refractivity contribution in [3.63, 3.8) is 0 Å². The Bertz CT molecular complexity index is 470. The Morgan fingerprint density at radius 2 is 2.19 bits per heavy atom. The van der Waals surface area contributed by atoms with Crippen LogP contribution in [0.2, 0.25) is 0 Å². The highest BCUT2D eigenvalue weighted by Crippen LogP contribution is 2.12. The number of rotatable bonds is 4. The molecule has 1 N–H and O–H groups in total. The van der Waals surface area contributed by atoms with Crippen LogP contribution in [0.4, 0.5) is 0 Å². The van der Waals surface area contributed by atoms with Crippen LogP contribution in [-0.4, -0.2) is 10.2 Å². The summed E-state index contributed by atoms with van der Waals surface area (Å²) in [5.74, 6) is 0. The zero-order valence-corrected chi connectivity index (χ0v) is 11.3. The highest BCUT2D eigenvalue weighted by molar-refractivity contribution is 9.10. The van der Waals surface area contributed by atoms with Gasteiger partial charge in [0, 0.05) is 17.6 Å². The maximum absolute atomic E-state index is 4.06. The number of halogens is 1. The van der Waals surface area contributed by atoms with Crippen LogP contribution in [0.3, 0.4) is 0 Å². The van der Waals surface area contributed by atoms with E-state index in [0.29, 0.717) is 0 Å². The summed E-state index contributed by atoms with van der Waals surface area (Å²) in [5.41, 5.74) is 1.26. The van der Waals surface area contributed by atoms with Crippen LogP contribution in [0.25, 0.3) is 0 Å². The summed E-state index contributed by atoms with van der Waals surface area (Å²) in [4.78, 5) is 0. The van der Waals surface area contributed by atoms with Gasteiger partial charge < -0.3 is 5.32 Å². The van der Waals surface area contributed by atoms with E-state index in [1.807, 2.05) is 19.1 Å². The second-order valence-electron chi connectivity index (χ2n) is 3.45. The molecule has 0 aliphatic heterocycles. The number of aromatic nitrogens is 2. The van der Waals surface area contributed by atoms with Gasteiger partial charge in [-0.15, -0.1) is 21.5 Å². The van der Waals surface area contributed by atoms with Gasteiger partial charge in [-0.25, -0.2) is 0 Å². The van der Waals surface area contributed by atoms with Crippen LogP contribution in [-0.2, 0) is 13.1 Å². The normalized spacial score (nSPS) is 10.6. The van der Waals surface area contributed by atoms with E-state index in [2.05, 4.69) is 43.6 Å². The lowest BCUT2D eigenvalue weighted by atomic mass is 10.2. The van der Waals surface area contributed by atoms with E-state index in [0.717, 1.165) is 27.6 Å². The third-order valence-corrected chi connectivity index (χ3v) is 3.39. The van der Waals surface area contributed by atoms with Gasteiger partial charge in [0.1, 0.15) is 10.0 Å². The van der Waals surface area contributed by atoms with Crippen LogP contribution in [0.5, 0.6) is 0 Å². The number of aryl methyl sites for hydroxylation is 1. The van der Waals surface area contributed by atoms with Crippen molar-refractivity contribution in [2.45, 2.75) is 20.0 Å². The minimum absolute atomic E-state index is 0.776. The van der Waals surface area contributed by atoms with E-state index in [4.69, 9.17) is 0 Å². The molecule has 16 heavy (non-hydrogen) atoms. The third kappa shape index (κ3) is 3.37. The molecule has 0 fully saturated rings. The van der Waals surface area contributed by atoms with Crippen LogP contribution in [0.15, 0.2) is 28.7 Å². The number of benzene rings is 1. The highest BCUT2D eigenvalue weighted by atomic mass is 79.9. The second kappa shape index (κ2) is 5.52. The van der Waals surface area contributed by atoms with Crippen LogP contribution in [0.1, 0.15) is 15.6 Å². The highest BCUT2D eigenvalue weighted by Gasteiger charge is 1.99. The lowest BCUT2D eigenvalue weighted by molar-refractivity contribution is 0.683. The van der Waals surface area contributed by atoms with E-state index < -0.39 is 0 Å². The first-order chi connectivity index (χ1) is 7.74. The van der Waals surface area contributed by atoms with E-state index in [1.165, 1.54) is 5.56 Å². The molecule has 0 aliphatic rings. The smallest absolute Gasteiger partial charge is 0.131 e. The maximum Gasteiger partial charge on any atom is 0.131 e. The minimum atomic E-state index is 0.776. The molecule has 1 heterocycles. The number of hydrogen-bond acceptors (Lipinski definition) is 4. The Morgan fingerprint density at radius 3 is 2.88 bits per heavy atom. The first-order valence-corrected chi connectivity index (χ1v) is 6.59. The average molecular weight is 298 g/mol. The van der Waals surface area contributed by atoms with Crippen molar-refractivity contribution in [3.05, 3.63) is 44.3 Å². The lowest BCUT2D eigenvalue weighted by Crippen LogP contribution is -2.12. The Hall–Kier alpha value is -0.780. The van der Waals surface area contributed by atoms with Gasteiger partial charge in [-0.3, -0.25) is 0 Å². The molecular weight excluding hydrogens is 286 g/mol. The average Bonchev–Trinajstić information content (AvgIpc) is 2.64. The molecule has 0 aliphatic carbocycles. The molecule has 0 saturated carbocycles. The Labute approximate surface area is 107 Å².